The summed E-state index contributed by atoms with van der Waals surface area (Å²) in [4.78, 5) is 27.9. The van der Waals surface area contributed by atoms with Gasteiger partial charge in [0.15, 0.2) is 5.78 Å². The number of amides is 1. The Labute approximate surface area is 175 Å². The first kappa shape index (κ1) is 18.9. The van der Waals surface area contributed by atoms with E-state index >= 15 is 0 Å². The molecule has 6 heteroatoms. The van der Waals surface area contributed by atoms with Crippen LogP contribution in [-0.2, 0) is 37.1 Å². The van der Waals surface area contributed by atoms with Gasteiger partial charge in [0, 0.05) is 60.7 Å². The van der Waals surface area contributed by atoms with Crippen molar-refractivity contribution < 1.29 is 9.59 Å². The first-order valence-electron chi connectivity index (χ1n) is 10.7. The molecular formula is C24H26N4O2. The van der Waals surface area contributed by atoms with Crippen LogP contribution in [0.5, 0.6) is 0 Å². The maximum absolute atomic E-state index is 13.2. The summed E-state index contributed by atoms with van der Waals surface area (Å²) in [6, 6.07) is 10.3. The predicted molar refractivity (Wildman–Crippen MR) is 113 cm³/mol. The number of hydrogen-bond donors (Lipinski definition) is 1. The summed E-state index contributed by atoms with van der Waals surface area (Å²) in [7, 11) is 0. The van der Waals surface area contributed by atoms with Crippen LogP contribution in [0.3, 0.4) is 0 Å². The lowest BCUT2D eigenvalue weighted by Gasteiger charge is -2.27. The normalized spacial score (nSPS) is 15.8. The summed E-state index contributed by atoms with van der Waals surface area (Å²) >= 11 is 0. The Balaban J connectivity index is 1.46. The van der Waals surface area contributed by atoms with E-state index in [0.29, 0.717) is 19.5 Å². The molecule has 3 heterocycles. The van der Waals surface area contributed by atoms with Crippen LogP contribution in [-0.4, -0.2) is 37.9 Å². The van der Waals surface area contributed by atoms with Gasteiger partial charge in [-0.1, -0.05) is 30.3 Å². The van der Waals surface area contributed by atoms with Gasteiger partial charge in [-0.3, -0.25) is 14.7 Å². The highest BCUT2D eigenvalue weighted by atomic mass is 16.2. The second kappa shape index (κ2) is 7.59. The molecule has 1 aromatic carbocycles. The number of Topliss-reactive ketones (excluding diaryl/α,β-unsaturated/α-hetero) is 1. The number of aromatic nitrogens is 3. The molecule has 3 aromatic rings. The van der Waals surface area contributed by atoms with Crippen LogP contribution in [0.1, 0.15) is 57.0 Å². The molecule has 0 saturated carbocycles. The van der Waals surface area contributed by atoms with Gasteiger partial charge in [-0.05, 0) is 30.9 Å². The zero-order chi connectivity index (χ0) is 20.7. The Kier molecular flexibility index (Phi) is 4.77. The van der Waals surface area contributed by atoms with E-state index < -0.39 is 0 Å². The van der Waals surface area contributed by atoms with E-state index in [1.807, 2.05) is 29.3 Å². The van der Waals surface area contributed by atoms with E-state index in [1.54, 1.807) is 0 Å². The molecule has 0 bridgehead atoms. The fraction of sp³-hybridized carbons (Fsp3) is 0.375. The zero-order valence-electron chi connectivity index (χ0n) is 17.3. The summed E-state index contributed by atoms with van der Waals surface area (Å²) < 4.78 is 2.26. The molecule has 0 unspecified atom stereocenters. The monoisotopic (exact) mass is 402 g/mol. The average Bonchev–Trinajstić information content (AvgIpc) is 3.33. The second-order valence-electron chi connectivity index (χ2n) is 8.35. The molecule has 1 N–H and O–H groups in total. The van der Waals surface area contributed by atoms with Gasteiger partial charge in [-0.15, -0.1) is 0 Å². The maximum atomic E-state index is 13.2. The number of carbonyl (C=O) groups is 2. The lowest BCUT2D eigenvalue weighted by atomic mass is 9.91. The summed E-state index contributed by atoms with van der Waals surface area (Å²) in [5.74, 6) is 0.271. The number of H-pyrrole nitrogens is 1. The third-order valence-corrected chi connectivity index (χ3v) is 6.52. The van der Waals surface area contributed by atoms with Gasteiger partial charge in [-0.25, -0.2) is 0 Å². The van der Waals surface area contributed by atoms with Crippen LogP contribution in [0.4, 0.5) is 0 Å². The lowest BCUT2D eigenvalue weighted by Crippen LogP contribution is -2.37. The van der Waals surface area contributed by atoms with Crippen LogP contribution >= 0.6 is 0 Å². The van der Waals surface area contributed by atoms with Crippen LogP contribution < -0.4 is 0 Å². The average molecular weight is 402 g/mol. The van der Waals surface area contributed by atoms with E-state index in [-0.39, 0.29) is 18.1 Å². The Morgan fingerprint density at radius 3 is 2.83 bits per heavy atom. The van der Waals surface area contributed by atoms with E-state index in [1.165, 1.54) is 5.56 Å². The largest absolute Gasteiger partial charge is 0.343 e. The molecule has 0 spiro atoms. The number of aromatic amines is 1. The second-order valence-corrected chi connectivity index (χ2v) is 8.35. The SMILES string of the molecule is Cc1c(CC(=O)N2CCc3[nH]ncc3C2)c2c(n1Cc1ccccc1)CCCC2=O. The van der Waals surface area contributed by atoms with Crippen molar-refractivity contribution in [3.05, 3.63) is 75.9 Å². The number of rotatable bonds is 4. The van der Waals surface area contributed by atoms with Crippen LogP contribution in [0.15, 0.2) is 36.5 Å². The topological polar surface area (TPSA) is 71.0 Å². The van der Waals surface area contributed by atoms with Crippen molar-refractivity contribution in [1.82, 2.24) is 19.7 Å². The van der Waals surface area contributed by atoms with Gasteiger partial charge in [-0.2, -0.15) is 5.10 Å². The van der Waals surface area contributed by atoms with Gasteiger partial charge in [0.1, 0.15) is 0 Å². The minimum atomic E-state index is 0.0861. The highest BCUT2D eigenvalue weighted by molar-refractivity contribution is 6.01. The van der Waals surface area contributed by atoms with Crippen LogP contribution in [0, 0.1) is 6.92 Å². The Morgan fingerprint density at radius 1 is 1.17 bits per heavy atom. The molecule has 1 amide bonds. The first-order valence-corrected chi connectivity index (χ1v) is 10.7. The van der Waals surface area contributed by atoms with Gasteiger partial charge in [0.2, 0.25) is 5.91 Å². The van der Waals surface area contributed by atoms with E-state index in [2.05, 4.69) is 33.8 Å². The molecule has 2 aliphatic rings. The highest BCUT2D eigenvalue weighted by Crippen LogP contribution is 2.31. The number of fused-ring (bicyclic) bond motifs is 2. The molecule has 0 atom stereocenters. The summed E-state index contributed by atoms with van der Waals surface area (Å²) in [6.07, 6.45) is 5.24. The first-order chi connectivity index (χ1) is 14.6. The molecule has 154 valence electrons. The van der Waals surface area contributed by atoms with Gasteiger partial charge in [0.05, 0.1) is 12.6 Å². The van der Waals surface area contributed by atoms with Crippen molar-refractivity contribution in [2.45, 2.75) is 52.1 Å². The van der Waals surface area contributed by atoms with E-state index in [0.717, 1.165) is 59.6 Å². The number of carbonyl (C=O) groups excluding carboxylic acids is 2. The number of nitrogens with one attached hydrogen (secondary N) is 1. The van der Waals surface area contributed by atoms with Crippen LogP contribution in [0.25, 0.3) is 0 Å². The van der Waals surface area contributed by atoms with Gasteiger partial charge in [0.25, 0.3) is 0 Å². The molecule has 2 aromatic heterocycles. The summed E-state index contributed by atoms with van der Waals surface area (Å²) in [5.41, 5.74) is 7.30. The van der Waals surface area contributed by atoms with Gasteiger partial charge >= 0.3 is 0 Å². The summed E-state index contributed by atoms with van der Waals surface area (Å²) in [5, 5.41) is 7.11. The number of benzene rings is 1. The Hall–Kier alpha value is -3.15. The van der Waals surface area contributed by atoms with Crippen molar-refractivity contribution in [3.8, 4) is 0 Å². The molecule has 0 fully saturated rings. The third-order valence-electron chi connectivity index (χ3n) is 6.52. The third kappa shape index (κ3) is 3.26. The van der Waals surface area contributed by atoms with Crippen molar-refractivity contribution >= 4 is 11.7 Å². The number of ketones is 1. The quantitative estimate of drug-likeness (QED) is 0.728. The molecule has 0 radical (unpaired) electrons. The molecule has 1 aliphatic heterocycles. The maximum Gasteiger partial charge on any atom is 0.227 e. The molecule has 0 saturated heterocycles. The minimum absolute atomic E-state index is 0.0861. The smallest absolute Gasteiger partial charge is 0.227 e. The van der Waals surface area contributed by atoms with Crippen LogP contribution in [0.2, 0.25) is 0 Å². The molecule has 6 nitrogen and oxygen atoms in total. The Bertz CT molecular complexity index is 1110. The van der Waals surface area contributed by atoms with E-state index in [4.69, 9.17) is 0 Å². The number of hydrogen-bond acceptors (Lipinski definition) is 3. The Morgan fingerprint density at radius 2 is 2.00 bits per heavy atom. The predicted octanol–water partition coefficient (Wildman–Crippen LogP) is 3.21. The standard InChI is InChI=1S/C24H26N4O2/c1-16-19(12-23(30)27-11-10-20-18(15-27)13-25-26-20)24-21(8-5-9-22(24)29)28(16)14-17-6-3-2-4-7-17/h2-4,6-7,13H,5,8-12,14-15H2,1H3,(H,25,26). The van der Waals surface area contributed by atoms with Crippen molar-refractivity contribution in [3.63, 3.8) is 0 Å². The molecular weight excluding hydrogens is 376 g/mol. The molecule has 5 rings (SSSR count). The van der Waals surface area contributed by atoms with Crippen molar-refractivity contribution in [1.29, 1.82) is 0 Å². The fourth-order valence-corrected chi connectivity index (χ4v) is 4.88. The highest BCUT2D eigenvalue weighted by Gasteiger charge is 2.30. The number of nitrogens with zero attached hydrogens (tertiary/aromatic N) is 3. The van der Waals surface area contributed by atoms with Crippen molar-refractivity contribution in [2.24, 2.45) is 0 Å². The summed E-state index contributed by atoms with van der Waals surface area (Å²) in [6.45, 7) is 4.07. The molecule has 30 heavy (non-hydrogen) atoms. The van der Waals surface area contributed by atoms with E-state index in [9.17, 15) is 9.59 Å². The molecule has 1 aliphatic carbocycles. The minimum Gasteiger partial charge on any atom is -0.343 e. The lowest BCUT2D eigenvalue weighted by molar-refractivity contribution is -0.131. The zero-order valence-corrected chi connectivity index (χ0v) is 17.3. The van der Waals surface area contributed by atoms with Gasteiger partial charge < -0.3 is 9.47 Å². The fourth-order valence-electron chi connectivity index (χ4n) is 4.88. The van der Waals surface area contributed by atoms with Crippen molar-refractivity contribution in [2.75, 3.05) is 6.54 Å².